The topological polar surface area (TPSA) is 54.9 Å². The summed E-state index contributed by atoms with van der Waals surface area (Å²) in [6, 6.07) is 14.1. The zero-order chi connectivity index (χ0) is 18.1. The molecule has 3 aromatic rings. The Morgan fingerprint density at radius 2 is 1.81 bits per heavy atom. The predicted molar refractivity (Wildman–Crippen MR) is 98.4 cm³/mol. The van der Waals surface area contributed by atoms with Crippen molar-refractivity contribution < 1.29 is 9.18 Å². The summed E-state index contributed by atoms with van der Waals surface area (Å²) in [6.45, 7) is 0. The molecule has 1 amide bonds. The monoisotopic (exact) mass is 367 g/mol. The highest BCUT2D eigenvalue weighted by Gasteiger charge is 2.46. The number of rotatable bonds is 4. The molecule has 1 aliphatic rings. The molecule has 0 saturated heterocycles. The van der Waals surface area contributed by atoms with Crippen LogP contribution in [-0.2, 0) is 4.79 Å². The summed E-state index contributed by atoms with van der Waals surface area (Å²) < 4.78 is 14.0. The van der Waals surface area contributed by atoms with Gasteiger partial charge < -0.3 is 5.32 Å². The number of hydrogen-bond acceptors (Lipinski definition) is 3. The molecule has 130 valence electrons. The van der Waals surface area contributed by atoms with Gasteiger partial charge in [0.15, 0.2) is 5.82 Å². The smallest absolute Gasteiger partial charge is 0.228 e. The normalized spacial score (nSPS) is 18.4. The maximum Gasteiger partial charge on any atom is 0.228 e. The van der Waals surface area contributed by atoms with Crippen LogP contribution in [0.25, 0.3) is 11.4 Å². The van der Waals surface area contributed by atoms with E-state index in [0.717, 1.165) is 5.56 Å². The summed E-state index contributed by atoms with van der Waals surface area (Å²) in [6.07, 6.45) is 3.72. The molecule has 1 N–H and O–H groups in total. The summed E-state index contributed by atoms with van der Waals surface area (Å²) in [7, 11) is 0. The first-order valence-electron chi connectivity index (χ1n) is 8.25. The highest BCUT2D eigenvalue weighted by Crippen LogP contribution is 2.50. The molecule has 0 radical (unpaired) electrons. The molecule has 4 rings (SSSR count). The van der Waals surface area contributed by atoms with Gasteiger partial charge in [0, 0.05) is 28.0 Å². The number of anilines is 1. The number of nitrogens with zero attached hydrogens (tertiary/aromatic N) is 2. The molecule has 1 aromatic heterocycles. The SMILES string of the molecule is O=C(Nc1cnc(-c2ccccc2)nc1)[C@H]1C[C@@H]1c1c(F)cccc1Cl. The molecular formula is C20H15ClFN3O. The van der Waals surface area contributed by atoms with Crippen LogP contribution < -0.4 is 5.32 Å². The fraction of sp³-hybridized carbons (Fsp3) is 0.150. The van der Waals surface area contributed by atoms with Gasteiger partial charge >= 0.3 is 0 Å². The Morgan fingerprint density at radius 1 is 1.08 bits per heavy atom. The van der Waals surface area contributed by atoms with Crippen LogP contribution in [0.3, 0.4) is 0 Å². The van der Waals surface area contributed by atoms with Gasteiger partial charge in [-0.25, -0.2) is 14.4 Å². The third-order valence-electron chi connectivity index (χ3n) is 4.45. The third-order valence-corrected chi connectivity index (χ3v) is 4.78. The number of carbonyl (C=O) groups excluding carboxylic acids is 1. The molecule has 1 fully saturated rings. The minimum atomic E-state index is -0.367. The van der Waals surface area contributed by atoms with E-state index >= 15 is 0 Å². The molecule has 2 atom stereocenters. The van der Waals surface area contributed by atoms with E-state index in [9.17, 15) is 9.18 Å². The minimum absolute atomic E-state index is 0.176. The maximum absolute atomic E-state index is 14.0. The Morgan fingerprint density at radius 3 is 2.50 bits per heavy atom. The number of carbonyl (C=O) groups is 1. The van der Waals surface area contributed by atoms with Crippen molar-refractivity contribution in [1.82, 2.24) is 9.97 Å². The zero-order valence-corrected chi connectivity index (χ0v) is 14.4. The van der Waals surface area contributed by atoms with Gasteiger partial charge in [-0.05, 0) is 18.6 Å². The summed E-state index contributed by atoms with van der Waals surface area (Å²) in [5.74, 6) is -0.434. The van der Waals surface area contributed by atoms with Gasteiger partial charge in [0.2, 0.25) is 5.91 Å². The van der Waals surface area contributed by atoms with E-state index in [0.29, 0.717) is 28.5 Å². The summed E-state index contributed by atoms with van der Waals surface area (Å²) in [5, 5.41) is 3.15. The second-order valence-electron chi connectivity index (χ2n) is 6.23. The summed E-state index contributed by atoms with van der Waals surface area (Å²) >= 11 is 6.08. The molecule has 4 nitrogen and oxygen atoms in total. The predicted octanol–water partition coefficient (Wildman–Crippen LogP) is 4.68. The zero-order valence-electron chi connectivity index (χ0n) is 13.7. The van der Waals surface area contributed by atoms with E-state index in [1.807, 2.05) is 30.3 Å². The molecule has 2 aromatic carbocycles. The Bertz CT molecular complexity index is 927. The van der Waals surface area contributed by atoms with Crippen molar-refractivity contribution in [2.75, 3.05) is 5.32 Å². The van der Waals surface area contributed by atoms with Crippen LogP contribution in [0.5, 0.6) is 0 Å². The van der Waals surface area contributed by atoms with Crippen LogP contribution in [-0.4, -0.2) is 15.9 Å². The van der Waals surface area contributed by atoms with Crippen molar-refractivity contribution in [3.8, 4) is 11.4 Å². The number of nitrogens with one attached hydrogen (secondary N) is 1. The Balaban J connectivity index is 1.43. The first kappa shape index (κ1) is 16.7. The lowest BCUT2D eigenvalue weighted by atomic mass is 10.1. The van der Waals surface area contributed by atoms with Crippen molar-refractivity contribution in [3.05, 3.63) is 77.3 Å². The number of benzene rings is 2. The molecule has 0 spiro atoms. The average Bonchev–Trinajstić information content (AvgIpc) is 3.43. The number of amides is 1. The first-order valence-corrected chi connectivity index (χ1v) is 8.63. The van der Waals surface area contributed by atoms with Gasteiger partial charge in [0.05, 0.1) is 18.1 Å². The fourth-order valence-corrected chi connectivity index (χ4v) is 3.34. The average molecular weight is 368 g/mol. The lowest BCUT2D eigenvalue weighted by Crippen LogP contribution is -2.15. The van der Waals surface area contributed by atoms with Gasteiger partial charge in [0.25, 0.3) is 0 Å². The third kappa shape index (κ3) is 3.30. The molecule has 26 heavy (non-hydrogen) atoms. The summed E-state index contributed by atoms with van der Waals surface area (Å²) in [4.78, 5) is 21.0. The lowest BCUT2D eigenvalue weighted by molar-refractivity contribution is -0.117. The molecular weight excluding hydrogens is 353 g/mol. The fourth-order valence-electron chi connectivity index (χ4n) is 3.03. The van der Waals surface area contributed by atoms with Crippen LogP contribution in [0.4, 0.5) is 10.1 Å². The molecule has 6 heteroatoms. The minimum Gasteiger partial charge on any atom is -0.323 e. The van der Waals surface area contributed by atoms with Crippen molar-refractivity contribution in [2.24, 2.45) is 5.92 Å². The van der Waals surface area contributed by atoms with Gasteiger partial charge in [-0.15, -0.1) is 0 Å². The van der Waals surface area contributed by atoms with Crippen LogP contribution in [0.1, 0.15) is 17.9 Å². The lowest BCUT2D eigenvalue weighted by Gasteiger charge is -2.07. The standard InChI is InChI=1S/C20H15ClFN3O/c21-16-7-4-8-17(22)18(16)14-9-15(14)20(26)25-13-10-23-19(24-11-13)12-5-2-1-3-6-12/h1-8,10-11,14-15H,9H2,(H,25,26)/t14-,15-/m0/s1. The van der Waals surface area contributed by atoms with Crippen molar-refractivity contribution >= 4 is 23.2 Å². The Labute approximate surface area is 155 Å². The number of aromatic nitrogens is 2. The molecule has 0 bridgehead atoms. The van der Waals surface area contributed by atoms with E-state index in [2.05, 4.69) is 15.3 Å². The van der Waals surface area contributed by atoms with Crippen molar-refractivity contribution in [3.63, 3.8) is 0 Å². The van der Waals surface area contributed by atoms with Gasteiger partial charge in [-0.2, -0.15) is 0 Å². The van der Waals surface area contributed by atoms with Gasteiger partial charge in [-0.3, -0.25) is 4.79 Å². The highest BCUT2D eigenvalue weighted by molar-refractivity contribution is 6.31. The Hall–Kier alpha value is -2.79. The quantitative estimate of drug-likeness (QED) is 0.728. The largest absolute Gasteiger partial charge is 0.323 e. The van der Waals surface area contributed by atoms with Crippen LogP contribution in [0.2, 0.25) is 5.02 Å². The molecule has 1 aliphatic carbocycles. The van der Waals surface area contributed by atoms with E-state index in [-0.39, 0.29) is 23.6 Å². The van der Waals surface area contributed by atoms with E-state index in [1.165, 1.54) is 6.07 Å². The van der Waals surface area contributed by atoms with Crippen molar-refractivity contribution in [2.45, 2.75) is 12.3 Å². The van der Waals surface area contributed by atoms with Gasteiger partial charge in [0.1, 0.15) is 5.82 Å². The maximum atomic E-state index is 14.0. The second kappa shape index (κ2) is 6.84. The van der Waals surface area contributed by atoms with E-state index in [1.54, 1.807) is 24.5 Å². The summed E-state index contributed by atoms with van der Waals surface area (Å²) in [5.41, 5.74) is 1.84. The van der Waals surface area contributed by atoms with Crippen LogP contribution >= 0.6 is 11.6 Å². The van der Waals surface area contributed by atoms with Crippen LogP contribution in [0, 0.1) is 11.7 Å². The van der Waals surface area contributed by atoms with E-state index < -0.39 is 0 Å². The number of hydrogen-bond donors (Lipinski definition) is 1. The molecule has 1 heterocycles. The van der Waals surface area contributed by atoms with Crippen LogP contribution in [0.15, 0.2) is 60.9 Å². The number of halogens is 2. The second-order valence-corrected chi connectivity index (χ2v) is 6.64. The molecule has 1 saturated carbocycles. The molecule has 0 unspecified atom stereocenters. The highest BCUT2D eigenvalue weighted by atomic mass is 35.5. The van der Waals surface area contributed by atoms with Crippen molar-refractivity contribution in [1.29, 1.82) is 0 Å². The Kier molecular flexibility index (Phi) is 4.39. The molecule has 0 aliphatic heterocycles. The first-order chi connectivity index (χ1) is 12.6. The van der Waals surface area contributed by atoms with Gasteiger partial charge in [-0.1, -0.05) is 48.0 Å². The van der Waals surface area contributed by atoms with E-state index in [4.69, 9.17) is 11.6 Å².